The molecule has 2 aromatic heterocycles. The molecular formula is C18H12N4OS. The van der Waals surface area contributed by atoms with Crippen molar-refractivity contribution < 1.29 is 4.74 Å². The highest BCUT2D eigenvalue weighted by molar-refractivity contribution is 7.13. The second kappa shape index (κ2) is 6.41. The van der Waals surface area contributed by atoms with Gasteiger partial charge in [-0.15, -0.1) is 11.3 Å². The molecule has 116 valence electrons. The molecule has 0 spiro atoms. The number of ether oxygens (including phenoxy) is 1. The van der Waals surface area contributed by atoms with Gasteiger partial charge in [-0.25, -0.2) is 4.98 Å². The summed E-state index contributed by atoms with van der Waals surface area (Å²) in [5.41, 5.74) is 8.25. The van der Waals surface area contributed by atoms with E-state index < -0.39 is 0 Å². The zero-order valence-corrected chi connectivity index (χ0v) is 13.6. The number of nitrogen functional groups attached to an aromatic ring is 1. The van der Waals surface area contributed by atoms with E-state index >= 15 is 0 Å². The SMILES string of the molecule is COc1ccc(-c2c(C#N)c(N)nc(-c3cccs3)c2C#N)cc1. The Balaban J connectivity index is 2.34. The van der Waals surface area contributed by atoms with Gasteiger partial charge in [-0.2, -0.15) is 10.5 Å². The van der Waals surface area contributed by atoms with Crippen LogP contribution >= 0.6 is 11.3 Å². The van der Waals surface area contributed by atoms with Crippen molar-refractivity contribution in [2.24, 2.45) is 0 Å². The highest BCUT2D eigenvalue weighted by Gasteiger charge is 2.21. The first-order valence-corrected chi connectivity index (χ1v) is 7.89. The minimum atomic E-state index is 0.116. The molecule has 3 aromatic rings. The molecular weight excluding hydrogens is 320 g/mol. The number of aromatic nitrogens is 1. The van der Waals surface area contributed by atoms with E-state index in [-0.39, 0.29) is 11.4 Å². The van der Waals surface area contributed by atoms with E-state index in [9.17, 15) is 10.5 Å². The first kappa shape index (κ1) is 15.5. The summed E-state index contributed by atoms with van der Waals surface area (Å²) in [6, 6.07) is 15.2. The van der Waals surface area contributed by atoms with Gasteiger partial charge in [0.1, 0.15) is 35.0 Å². The minimum Gasteiger partial charge on any atom is -0.497 e. The van der Waals surface area contributed by atoms with Crippen LogP contribution in [0.1, 0.15) is 11.1 Å². The van der Waals surface area contributed by atoms with Crippen molar-refractivity contribution in [2.45, 2.75) is 0 Å². The second-order valence-corrected chi connectivity index (χ2v) is 5.85. The van der Waals surface area contributed by atoms with E-state index in [2.05, 4.69) is 17.1 Å². The van der Waals surface area contributed by atoms with Crippen LogP contribution in [0.25, 0.3) is 21.7 Å². The lowest BCUT2D eigenvalue weighted by molar-refractivity contribution is 0.415. The summed E-state index contributed by atoms with van der Waals surface area (Å²) in [7, 11) is 1.58. The molecule has 0 saturated heterocycles. The van der Waals surface area contributed by atoms with Gasteiger partial charge in [0, 0.05) is 5.56 Å². The van der Waals surface area contributed by atoms with Crippen LogP contribution in [0, 0.1) is 22.7 Å². The number of anilines is 1. The predicted molar refractivity (Wildman–Crippen MR) is 93.4 cm³/mol. The van der Waals surface area contributed by atoms with Crippen molar-refractivity contribution in [3.63, 3.8) is 0 Å². The summed E-state index contributed by atoms with van der Waals surface area (Å²) in [5, 5.41) is 21.1. The summed E-state index contributed by atoms with van der Waals surface area (Å²) in [6.07, 6.45) is 0. The molecule has 0 fully saturated rings. The highest BCUT2D eigenvalue weighted by Crippen LogP contribution is 2.37. The lowest BCUT2D eigenvalue weighted by atomic mass is 9.94. The first-order chi connectivity index (χ1) is 11.7. The quantitative estimate of drug-likeness (QED) is 0.786. The van der Waals surface area contributed by atoms with Crippen molar-refractivity contribution in [3.05, 3.63) is 52.9 Å². The first-order valence-electron chi connectivity index (χ1n) is 7.01. The molecule has 0 aliphatic heterocycles. The molecule has 1 aromatic carbocycles. The van der Waals surface area contributed by atoms with E-state index in [1.165, 1.54) is 11.3 Å². The van der Waals surface area contributed by atoms with Gasteiger partial charge in [-0.3, -0.25) is 0 Å². The van der Waals surface area contributed by atoms with Crippen LogP contribution < -0.4 is 10.5 Å². The molecule has 2 heterocycles. The van der Waals surface area contributed by atoms with Crippen LogP contribution in [0.2, 0.25) is 0 Å². The Morgan fingerprint density at radius 3 is 2.33 bits per heavy atom. The van der Waals surface area contributed by atoms with Crippen LogP contribution in [0.5, 0.6) is 5.75 Å². The van der Waals surface area contributed by atoms with Crippen molar-refractivity contribution in [1.82, 2.24) is 4.98 Å². The molecule has 0 radical (unpaired) electrons. The number of nitriles is 2. The number of hydrogen-bond donors (Lipinski definition) is 1. The van der Waals surface area contributed by atoms with Gasteiger partial charge in [0.15, 0.2) is 0 Å². The molecule has 0 atom stereocenters. The predicted octanol–water partition coefficient (Wildman–Crippen LogP) is 3.81. The maximum atomic E-state index is 9.71. The molecule has 5 nitrogen and oxygen atoms in total. The summed E-state index contributed by atoms with van der Waals surface area (Å²) >= 11 is 1.47. The third-order valence-electron chi connectivity index (χ3n) is 3.58. The van der Waals surface area contributed by atoms with Crippen LogP contribution in [0.4, 0.5) is 5.82 Å². The summed E-state index contributed by atoms with van der Waals surface area (Å²) in [4.78, 5) is 5.13. The average molecular weight is 332 g/mol. The molecule has 0 aliphatic carbocycles. The molecule has 0 saturated carbocycles. The number of thiophene rings is 1. The Kier molecular flexibility index (Phi) is 4.15. The fraction of sp³-hybridized carbons (Fsp3) is 0.0556. The minimum absolute atomic E-state index is 0.116. The van der Waals surface area contributed by atoms with E-state index in [1.807, 2.05) is 17.5 Å². The summed E-state index contributed by atoms with van der Waals surface area (Å²) < 4.78 is 5.16. The van der Waals surface area contributed by atoms with Crippen LogP contribution in [-0.4, -0.2) is 12.1 Å². The second-order valence-electron chi connectivity index (χ2n) is 4.90. The summed E-state index contributed by atoms with van der Waals surface area (Å²) in [5.74, 6) is 0.807. The lowest BCUT2D eigenvalue weighted by Crippen LogP contribution is -2.03. The monoisotopic (exact) mass is 332 g/mol. The topological polar surface area (TPSA) is 95.7 Å². The Labute approximate surface area is 143 Å². The number of rotatable bonds is 3. The van der Waals surface area contributed by atoms with Gasteiger partial charge in [0.2, 0.25) is 0 Å². The van der Waals surface area contributed by atoms with Gasteiger partial charge in [0.05, 0.1) is 17.6 Å². The normalized spacial score (nSPS) is 9.96. The number of benzene rings is 1. The smallest absolute Gasteiger partial charge is 0.142 e. The van der Waals surface area contributed by atoms with Crippen molar-refractivity contribution in [2.75, 3.05) is 12.8 Å². The summed E-state index contributed by atoms with van der Waals surface area (Å²) in [6.45, 7) is 0. The molecule has 0 aliphatic rings. The van der Waals surface area contributed by atoms with Crippen LogP contribution in [0.3, 0.4) is 0 Å². The Morgan fingerprint density at radius 1 is 1.08 bits per heavy atom. The number of nitrogens with zero attached hydrogens (tertiary/aromatic N) is 3. The molecule has 0 amide bonds. The maximum Gasteiger partial charge on any atom is 0.142 e. The van der Waals surface area contributed by atoms with Gasteiger partial charge in [0.25, 0.3) is 0 Å². The van der Waals surface area contributed by atoms with Gasteiger partial charge in [-0.1, -0.05) is 18.2 Å². The Morgan fingerprint density at radius 2 is 1.79 bits per heavy atom. The Hall–Kier alpha value is -3.35. The van der Waals surface area contributed by atoms with E-state index in [1.54, 1.807) is 31.4 Å². The number of nitrogens with two attached hydrogens (primary N) is 1. The molecule has 0 unspecified atom stereocenters. The average Bonchev–Trinajstić information content (AvgIpc) is 3.15. The van der Waals surface area contributed by atoms with Crippen molar-refractivity contribution in [3.8, 4) is 39.6 Å². The highest BCUT2D eigenvalue weighted by atomic mass is 32.1. The standard InChI is InChI=1S/C18H12N4OS/c1-23-12-6-4-11(5-7-12)16-13(9-19)17(15-3-2-8-24-15)22-18(21)14(16)10-20/h2-8H,1H3,(H2,21,22). The van der Waals surface area contributed by atoms with Gasteiger partial charge < -0.3 is 10.5 Å². The fourth-order valence-electron chi connectivity index (χ4n) is 2.46. The van der Waals surface area contributed by atoms with Gasteiger partial charge >= 0.3 is 0 Å². The molecule has 3 rings (SSSR count). The lowest BCUT2D eigenvalue weighted by Gasteiger charge is -2.13. The molecule has 2 N–H and O–H groups in total. The van der Waals surface area contributed by atoms with E-state index in [0.717, 1.165) is 10.4 Å². The third-order valence-corrected chi connectivity index (χ3v) is 4.46. The third kappa shape index (κ3) is 2.56. The Bertz CT molecular complexity index is 964. The number of methoxy groups -OCH3 is 1. The van der Waals surface area contributed by atoms with E-state index in [0.29, 0.717) is 22.6 Å². The van der Waals surface area contributed by atoms with E-state index in [4.69, 9.17) is 10.5 Å². The van der Waals surface area contributed by atoms with Crippen molar-refractivity contribution >= 4 is 17.2 Å². The zero-order chi connectivity index (χ0) is 17.1. The fourth-order valence-corrected chi connectivity index (χ4v) is 3.18. The van der Waals surface area contributed by atoms with Gasteiger partial charge in [-0.05, 0) is 29.1 Å². The number of hydrogen-bond acceptors (Lipinski definition) is 6. The van der Waals surface area contributed by atoms with Crippen LogP contribution in [-0.2, 0) is 0 Å². The zero-order valence-electron chi connectivity index (χ0n) is 12.8. The molecule has 0 bridgehead atoms. The van der Waals surface area contributed by atoms with Crippen LogP contribution in [0.15, 0.2) is 41.8 Å². The largest absolute Gasteiger partial charge is 0.497 e. The number of pyridine rings is 1. The molecule has 6 heteroatoms. The maximum absolute atomic E-state index is 9.71. The molecule has 24 heavy (non-hydrogen) atoms. The van der Waals surface area contributed by atoms with Crippen molar-refractivity contribution in [1.29, 1.82) is 10.5 Å².